The van der Waals surface area contributed by atoms with Crippen LogP contribution in [0.15, 0.2) is 28.7 Å². The Morgan fingerprint density at radius 3 is 2.65 bits per heavy atom. The normalized spacial score (nSPS) is 14.7. The summed E-state index contributed by atoms with van der Waals surface area (Å²) in [5.74, 6) is 0.658. The second-order valence-electron chi connectivity index (χ2n) is 5.29. The zero-order chi connectivity index (χ0) is 12.9. The van der Waals surface area contributed by atoms with Crippen molar-refractivity contribution in [3.05, 3.63) is 28.7 Å². The molecule has 1 rings (SSSR count). The van der Waals surface area contributed by atoms with Crippen LogP contribution >= 0.6 is 15.9 Å². The highest BCUT2D eigenvalue weighted by molar-refractivity contribution is 9.10. The monoisotopic (exact) mass is 299 g/mol. The minimum absolute atomic E-state index is 0.145. The molecule has 1 aromatic carbocycles. The molecule has 2 N–H and O–H groups in total. The SMILES string of the molecule is CC(C)CCC(C)(CO)Nc1cccc(Br)c1. The predicted molar refractivity (Wildman–Crippen MR) is 77.3 cm³/mol. The largest absolute Gasteiger partial charge is 0.394 e. The molecule has 0 aromatic heterocycles. The minimum atomic E-state index is -0.245. The summed E-state index contributed by atoms with van der Waals surface area (Å²) in [4.78, 5) is 0. The number of aliphatic hydroxyl groups is 1. The maximum absolute atomic E-state index is 9.55. The Morgan fingerprint density at radius 1 is 1.41 bits per heavy atom. The first-order valence-electron chi connectivity index (χ1n) is 6.10. The first-order valence-corrected chi connectivity index (χ1v) is 6.89. The van der Waals surface area contributed by atoms with Gasteiger partial charge in [-0.25, -0.2) is 0 Å². The highest BCUT2D eigenvalue weighted by atomic mass is 79.9. The van der Waals surface area contributed by atoms with Gasteiger partial charge in [-0.3, -0.25) is 0 Å². The Kier molecular flexibility index (Phi) is 5.47. The smallest absolute Gasteiger partial charge is 0.0658 e. The second-order valence-corrected chi connectivity index (χ2v) is 6.20. The van der Waals surface area contributed by atoms with Crippen LogP contribution in [0, 0.1) is 5.92 Å². The van der Waals surface area contributed by atoms with Gasteiger partial charge in [-0.15, -0.1) is 0 Å². The molecule has 0 bridgehead atoms. The van der Waals surface area contributed by atoms with Gasteiger partial charge >= 0.3 is 0 Å². The van der Waals surface area contributed by atoms with Crippen molar-refractivity contribution in [3.8, 4) is 0 Å². The molecule has 2 nitrogen and oxygen atoms in total. The summed E-state index contributed by atoms with van der Waals surface area (Å²) in [6.45, 7) is 6.62. The van der Waals surface area contributed by atoms with Crippen LogP contribution in [0.2, 0.25) is 0 Å². The summed E-state index contributed by atoms with van der Waals surface area (Å²) < 4.78 is 1.05. The molecule has 0 amide bonds. The number of aliphatic hydroxyl groups excluding tert-OH is 1. The molecule has 0 aliphatic carbocycles. The summed E-state index contributed by atoms with van der Waals surface area (Å²) in [6.07, 6.45) is 2.08. The summed E-state index contributed by atoms with van der Waals surface area (Å²) in [7, 11) is 0. The lowest BCUT2D eigenvalue weighted by Gasteiger charge is -2.30. The van der Waals surface area contributed by atoms with E-state index in [1.807, 2.05) is 24.3 Å². The Balaban J connectivity index is 2.67. The second kappa shape index (κ2) is 6.41. The molecule has 0 saturated heterocycles. The van der Waals surface area contributed by atoms with Crippen LogP contribution < -0.4 is 5.32 Å². The van der Waals surface area contributed by atoms with E-state index in [4.69, 9.17) is 0 Å². The van der Waals surface area contributed by atoms with E-state index >= 15 is 0 Å². The van der Waals surface area contributed by atoms with Gasteiger partial charge in [-0.05, 0) is 43.9 Å². The lowest BCUT2D eigenvalue weighted by molar-refractivity contribution is 0.208. The zero-order valence-corrected chi connectivity index (χ0v) is 12.4. The fraction of sp³-hybridized carbons (Fsp3) is 0.571. The maximum Gasteiger partial charge on any atom is 0.0658 e. The summed E-state index contributed by atoms with van der Waals surface area (Å²) in [5, 5.41) is 13.0. The summed E-state index contributed by atoms with van der Waals surface area (Å²) in [5.41, 5.74) is 0.796. The Hall–Kier alpha value is -0.540. The van der Waals surface area contributed by atoms with Gasteiger partial charge in [0.25, 0.3) is 0 Å². The van der Waals surface area contributed by atoms with E-state index in [2.05, 4.69) is 42.0 Å². The molecule has 96 valence electrons. The lowest BCUT2D eigenvalue weighted by atomic mass is 9.92. The van der Waals surface area contributed by atoms with Crippen LogP contribution in [0.5, 0.6) is 0 Å². The van der Waals surface area contributed by atoms with Crippen molar-refractivity contribution in [2.24, 2.45) is 5.92 Å². The van der Waals surface area contributed by atoms with Crippen molar-refractivity contribution in [2.75, 3.05) is 11.9 Å². The van der Waals surface area contributed by atoms with Crippen LogP contribution in [0.1, 0.15) is 33.6 Å². The molecule has 17 heavy (non-hydrogen) atoms. The van der Waals surface area contributed by atoms with Crippen molar-refractivity contribution >= 4 is 21.6 Å². The first-order chi connectivity index (χ1) is 7.95. The number of rotatable bonds is 6. The van der Waals surface area contributed by atoms with Crippen molar-refractivity contribution < 1.29 is 5.11 Å². The van der Waals surface area contributed by atoms with Gasteiger partial charge in [0, 0.05) is 10.2 Å². The predicted octanol–water partition coefficient (Wildman–Crippen LogP) is 4.05. The van der Waals surface area contributed by atoms with Gasteiger partial charge in [-0.2, -0.15) is 0 Å². The van der Waals surface area contributed by atoms with Crippen molar-refractivity contribution in [2.45, 2.75) is 39.2 Å². The Morgan fingerprint density at radius 2 is 2.12 bits per heavy atom. The molecule has 0 heterocycles. The average Bonchev–Trinajstić information content (AvgIpc) is 2.26. The van der Waals surface area contributed by atoms with E-state index in [-0.39, 0.29) is 12.1 Å². The standard InChI is InChI=1S/C14H22BrNO/c1-11(2)7-8-14(3,10-17)16-13-6-4-5-12(15)9-13/h4-6,9,11,16-17H,7-8,10H2,1-3H3. The molecule has 0 aliphatic heterocycles. The van der Waals surface area contributed by atoms with E-state index in [0.29, 0.717) is 5.92 Å². The topological polar surface area (TPSA) is 32.3 Å². The molecule has 1 atom stereocenters. The third-order valence-electron chi connectivity index (χ3n) is 2.89. The van der Waals surface area contributed by atoms with Gasteiger partial charge in [0.05, 0.1) is 12.1 Å². The van der Waals surface area contributed by atoms with Crippen LogP contribution in [-0.4, -0.2) is 17.3 Å². The van der Waals surface area contributed by atoms with Gasteiger partial charge in [0.15, 0.2) is 0 Å². The number of nitrogens with one attached hydrogen (secondary N) is 1. The van der Waals surface area contributed by atoms with Crippen LogP contribution in [0.3, 0.4) is 0 Å². The fourth-order valence-corrected chi connectivity index (χ4v) is 2.10. The van der Waals surface area contributed by atoms with Crippen molar-refractivity contribution in [1.82, 2.24) is 0 Å². The number of anilines is 1. The summed E-state index contributed by atoms with van der Waals surface area (Å²) >= 11 is 3.45. The molecule has 0 saturated carbocycles. The van der Waals surface area contributed by atoms with E-state index in [1.54, 1.807) is 0 Å². The number of halogens is 1. The van der Waals surface area contributed by atoms with Gasteiger partial charge in [0.1, 0.15) is 0 Å². The van der Waals surface area contributed by atoms with Crippen molar-refractivity contribution in [3.63, 3.8) is 0 Å². The molecular formula is C14H22BrNO. The first kappa shape index (κ1) is 14.5. The van der Waals surface area contributed by atoms with Gasteiger partial charge in [0.2, 0.25) is 0 Å². The molecule has 3 heteroatoms. The highest BCUT2D eigenvalue weighted by Gasteiger charge is 2.23. The van der Waals surface area contributed by atoms with Crippen LogP contribution in [0.4, 0.5) is 5.69 Å². The quantitative estimate of drug-likeness (QED) is 0.830. The molecule has 1 unspecified atom stereocenters. The molecule has 0 spiro atoms. The maximum atomic E-state index is 9.55. The fourth-order valence-electron chi connectivity index (χ4n) is 1.70. The Labute approximate surface area is 113 Å². The van der Waals surface area contributed by atoms with E-state index < -0.39 is 0 Å². The van der Waals surface area contributed by atoms with Gasteiger partial charge in [-0.1, -0.05) is 35.8 Å². The molecule has 0 aliphatic rings. The van der Waals surface area contributed by atoms with Crippen molar-refractivity contribution in [1.29, 1.82) is 0 Å². The molecule has 1 aromatic rings. The zero-order valence-electron chi connectivity index (χ0n) is 10.8. The van der Waals surface area contributed by atoms with E-state index in [1.165, 1.54) is 0 Å². The third kappa shape index (κ3) is 5.09. The minimum Gasteiger partial charge on any atom is -0.394 e. The molecular weight excluding hydrogens is 278 g/mol. The summed E-state index contributed by atoms with van der Waals surface area (Å²) in [6, 6.07) is 8.04. The Bertz CT molecular complexity index is 354. The number of hydrogen-bond donors (Lipinski definition) is 2. The molecule has 0 radical (unpaired) electrons. The van der Waals surface area contributed by atoms with Crippen LogP contribution in [0.25, 0.3) is 0 Å². The van der Waals surface area contributed by atoms with Crippen LogP contribution in [-0.2, 0) is 0 Å². The number of hydrogen-bond acceptors (Lipinski definition) is 2. The van der Waals surface area contributed by atoms with Gasteiger partial charge < -0.3 is 10.4 Å². The third-order valence-corrected chi connectivity index (χ3v) is 3.39. The average molecular weight is 300 g/mol. The number of benzene rings is 1. The van der Waals surface area contributed by atoms with E-state index in [9.17, 15) is 5.11 Å². The lowest BCUT2D eigenvalue weighted by Crippen LogP contribution is -2.39. The van der Waals surface area contributed by atoms with E-state index in [0.717, 1.165) is 23.0 Å². The molecule has 0 fully saturated rings. The highest BCUT2D eigenvalue weighted by Crippen LogP contribution is 2.24.